The average molecular weight is 259 g/mol. The largest absolute Gasteiger partial charge is 0.480 e. The fraction of sp³-hybridized carbons (Fsp3) is 0.556. The zero-order valence-corrected chi connectivity index (χ0v) is 10.1. The number of nitrogens with zero attached hydrogens (tertiary/aromatic N) is 2. The molecule has 0 spiro atoms. The summed E-state index contributed by atoms with van der Waals surface area (Å²) in [5.41, 5.74) is -1.37. The van der Waals surface area contributed by atoms with Crippen molar-refractivity contribution in [3.8, 4) is 0 Å². The van der Waals surface area contributed by atoms with Crippen molar-refractivity contribution in [3.63, 3.8) is 0 Å². The van der Waals surface area contributed by atoms with Crippen molar-refractivity contribution in [2.45, 2.75) is 30.3 Å². The van der Waals surface area contributed by atoms with Crippen molar-refractivity contribution in [2.75, 3.05) is 6.54 Å². The second-order valence-electron chi connectivity index (χ2n) is 4.18. The SMILES string of the molecule is CC1(C(=O)O)CCCN1S(=O)(=O)c1ccn[nH]1. The van der Waals surface area contributed by atoms with Crippen molar-refractivity contribution in [1.29, 1.82) is 0 Å². The summed E-state index contributed by atoms with van der Waals surface area (Å²) in [6.45, 7) is 1.64. The highest BCUT2D eigenvalue weighted by Gasteiger charge is 2.50. The third-order valence-corrected chi connectivity index (χ3v) is 5.03. The molecule has 1 aromatic heterocycles. The lowest BCUT2D eigenvalue weighted by Crippen LogP contribution is -2.50. The number of aromatic amines is 1. The highest BCUT2D eigenvalue weighted by molar-refractivity contribution is 7.89. The molecule has 1 unspecified atom stereocenters. The van der Waals surface area contributed by atoms with Crippen LogP contribution in [0.2, 0.25) is 0 Å². The molecule has 0 radical (unpaired) electrons. The van der Waals surface area contributed by atoms with E-state index in [0.29, 0.717) is 12.8 Å². The Labute approximate surface area is 98.5 Å². The molecule has 1 fully saturated rings. The summed E-state index contributed by atoms with van der Waals surface area (Å²) >= 11 is 0. The molecule has 1 atom stereocenters. The summed E-state index contributed by atoms with van der Waals surface area (Å²) < 4.78 is 25.4. The first-order chi connectivity index (χ1) is 7.89. The Kier molecular flexibility index (Phi) is 2.70. The van der Waals surface area contributed by atoms with Gasteiger partial charge in [-0.05, 0) is 25.8 Å². The van der Waals surface area contributed by atoms with Gasteiger partial charge in [-0.15, -0.1) is 0 Å². The van der Waals surface area contributed by atoms with Crippen LogP contribution < -0.4 is 0 Å². The van der Waals surface area contributed by atoms with Crippen molar-refractivity contribution in [1.82, 2.24) is 14.5 Å². The molecule has 0 aromatic carbocycles. The lowest BCUT2D eigenvalue weighted by atomic mass is 10.0. The lowest BCUT2D eigenvalue weighted by molar-refractivity contribution is -0.146. The van der Waals surface area contributed by atoms with Crippen LogP contribution in [0.3, 0.4) is 0 Å². The Morgan fingerprint density at radius 2 is 2.35 bits per heavy atom. The number of rotatable bonds is 3. The monoisotopic (exact) mass is 259 g/mol. The molecule has 1 aliphatic heterocycles. The minimum atomic E-state index is -3.81. The molecule has 17 heavy (non-hydrogen) atoms. The number of nitrogens with one attached hydrogen (secondary N) is 1. The van der Waals surface area contributed by atoms with Crippen LogP contribution in [-0.4, -0.2) is 46.1 Å². The van der Waals surface area contributed by atoms with Gasteiger partial charge in [-0.25, -0.2) is 8.42 Å². The Morgan fingerprint density at radius 3 is 2.88 bits per heavy atom. The van der Waals surface area contributed by atoms with Crippen LogP contribution in [0.4, 0.5) is 0 Å². The van der Waals surface area contributed by atoms with E-state index in [2.05, 4.69) is 10.2 Å². The first kappa shape index (κ1) is 12.1. The van der Waals surface area contributed by atoms with E-state index in [9.17, 15) is 18.3 Å². The zero-order valence-electron chi connectivity index (χ0n) is 9.25. The van der Waals surface area contributed by atoms with E-state index in [1.54, 1.807) is 0 Å². The molecule has 1 aliphatic rings. The predicted molar refractivity (Wildman–Crippen MR) is 57.8 cm³/mol. The number of aromatic nitrogens is 2. The van der Waals surface area contributed by atoms with E-state index in [1.165, 1.54) is 19.2 Å². The molecule has 0 bridgehead atoms. The number of carboxylic acid groups (broad SMARTS) is 1. The van der Waals surface area contributed by atoms with Gasteiger partial charge in [0.15, 0.2) is 5.03 Å². The normalized spacial score (nSPS) is 26.2. The number of H-pyrrole nitrogens is 1. The van der Waals surface area contributed by atoms with Crippen molar-refractivity contribution >= 4 is 16.0 Å². The molecule has 2 N–H and O–H groups in total. The zero-order chi connectivity index (χ0) is 12.7. The standard InChI is InChI=1S/C9H13N3O4S/c1-9(8(13)14)4-2-6-12(9)17(15,16)7-3-5-10-11-7/h3,5H,2,4,6H2,1H3,(H,10,11)(H,13,14). The van der Waals surface area contributed by atoms with Crippen molar-refractivity contribution in [2.24, 2.45) is 0 Å². The second-order valence-corrected chi connectivity index (χ2v) is 6.01. The fourth-order valence-corrected chi connectivity index (χ4v) is 3.75. The molecule has 8 heteroatoms. The highest BCUT2D eigenvalue weighted by atomic mass is 32.2. The molecule has 94 valence electrons. The highest BCUT2D eigenvalue weighted by Crippen LogP contribution is 2.33. The summed E-state index contributed by atoms with van der Waals surface area (Å²) in [4.78, 5) is 11.2. The Hall–Kier alpha value is -1.41. The molecule has 7 nitrogen and oxygen atoms in total. The lowest BCUT2D eigenvalue weighted by Gasteiger charge is -2.29. The van der Waals surface area contributed by atoms with Crippen LogP contribution >= 0.6 is 0 Å². The van der Waals surface area contributed by atoms with Gasteiger partial charge in [-0.3, -0.25) is 9.89 Å². The van der Waals surface area contributed by atoms with Gasteiger partial charge in [0.1, 0.15) is 5.54 Å². The van der Waals surface area contributed by atoms with Gasteiger partial charge < -0.3 is 5.11 Å². The molecule has 0 amide bonds. The van der Waals surface area contributed by atoms with Gasteiger partial charge in [0.05, 0.1) is 6.20 Å². The third kappa shape index (κ3) is 1.73. The van der Waals surface area contributed by atoms with E-state index in [-0.39, 0.29) is 11.6 Å². The van der Waals surface area contributed by atoms with Crippen molar-refractivity contribution < 1.29 is 18.3 Å². The Balaban J connectivity index is 2.44. The fourth-order valence-electron chi connectivity index (χ4n) is 2.04. The first-order valence-electron chi connectivity index (χ1n) is 5.14. The third-order valence-electron chi connectivity index (χ3n) is 3.08. The molecule has 2 rings (SSSR count). The van der Waals surface area contributed by atoms with Crippen LogP contribution in [0.25, 0.3) is 0 Å². The van der Waals surface area contributed by atoms with Gasteiger partial charge in [-0.1, -0.05) is 0 Å². The molecule has 2 heterocycles. The maximum atomic E-state index is 12.2. The summed E-state index contributed by atoms with van der Waals surface area (Å²) in [5.74, 6) is -1.13. The molecule has 0 saturated carbocycles. The summed E-state index contributed by atoms with van der Waals surface area (Å²) in [7, 11) is -3.81. The summed E-state index contributed by atoms with van der Waals surface area (Å²) in [5, 5.41) is 15.0. The topological polar surface area (TPSA) is 103 Å². The Bertz CT molecular complexity index is 524. The minimum absolute atomic E-state index is 0.0770. The van der Waals surface area contributed by atoms with Crippen molar-refractivity contribution in [3.05, 3.63) is 12.3 Å². The summed E-state index contributed by atoms with van der Waals surface area (Å²) in [6, 6.07) is 1.32. The quantitative estimate of drug-likeness (QED) is 0.797. The average Bonchev–Trinajstić information content (AvgIpc) is 2.85. The van der Waals surface area contributed by atoms with E-state index in [0.717, 1.165) is 4.31 Å². The van der Waals surface area contributed by atoms with Crippen LogP contribution in [0.5, 0.6) is 0 Å². The molecular weight excluding hydrogens is 246 g/mol. The van der Waals surface area contributed by atoms with Gasteiger partial charge in [0.25, 0.3) is 10.0 Å². The number of aliphatic carboxylic acids is 1. The van der Waals surface area contributed by atoms with E-state index < -0.39 is 21.5 Å². The number of sulfonamides is 1. The molecule has 0 aliphatic carbocycles. The second kappa shape index (κ2) is 3.81. The first-order valence-corrected chi connectivity index (χ1v) is 6.59. The van der Waals surface area contributed by atoms with E-state index in [4.69, 9.17) is 0 Å². The maximum Gasteiger partial charge on any atom is 0.324 e. The number of hydrogen-bond acceptors (Lipinski definition) is 4. The number of carboxylic acids is 1. The van der Waals surface area contributed by atoms with Gasteiger partial charge in [-0.2, -0.15) is 9.40 Å². The molecular formula is C9H13N3O4S. The van der Waals surface area contributed by atoms with Crippen LogP contribution in [0.15, 0.2) is 17.3 Å². The van der Waals surface area contributed by atoms with Gasteiger partial charge in [0, 0.05) is 6.54 Å². The molecule has 1 aromatic rings. The van der Waals surface area contributed by atoms with E-state index >= 15 is 0 Å². The van der Waals surface area contributed by atoms with Gasteiger partial charge >= 0.3 is 5.97 Å². The minimum Gasteiger partial charge on any atom is -0.480 e. The van der Waals surface area contributed by atoms with Gasteiger partial charge in [0.2, 0.25) is 0 Å². The van der Waals surface area contributed by atoms with Crippen LogP contribution in [0, 0.1) is 0 Å². The van der Waals surface area contributed by atoms with E-state index in [1.807, 2.05) is 0 Å². The molecule has 1 saturated heterocycles. The summed E-state index contributed by atoms with van der Waals surface area (Å²) in [6.07, 6.45) is 2.17. The smallest absolute Gasteiger partial charge is 0.324 e. The predicted octanol–water partition coefficient (Wildman–Crippen LogP) is 0.0375. The number of hydrogen-bond donors (Lipinski definition) is 2. The van der Waals surface area contributed by atoms with Crippen LogP contribution in [-0.2, 0) is 14.8 Å². The maximum absolute atomic E-state index is 12.2. The van der Waals surface area contributed by atoms with Crippen LogP contribution in [0.1, 0.15) is 19.8 Å². The number of carbonyl (C=O) groups is 1. The Morgan fingerprint density at radius 1 is 1.65 bits per heavy atom.